The standard InChI is InChI=1S/C20H11BrF2N6O2S/c1-31-14-7-25-13(16(22)23)5-12(14)11-4-9(6-24)2-3-10(11)18(30)29-20-28-17-19(32-20)27-15(21)8-26-17/h2-5,7-8,16H,1H3,(H,26,28,29,30). The first-order valence-corrected chi connectivity index (χ1v) is 10.5. The van der Waals surface area contributed by atoms with Crippen molar-refractivity contribution < 1.29 is 18.3 Å². The van der Waals surface area contributed by atoms with Gasteiger partial charge in [-0.25, -0.2) is 18.7 Å². The number of fused-ring (bicyclic) bond motifs is 1. The van der Waals surface area contributed by atoms with Crippen LogP contribution in [-0.4, -0.2) is 33.0 Å². The number of amides is 1. The molecular weight excluding hydrogens is 506 g/mol. The summed E-state index contributed by atoms with van der Waals surface area (Å²) in [4.78, 5) is 29.9. The normalized spacial score (nSPS) is 10.9. The molecule has 0 spiro atoms. The molecule has 0 radical (unpaired) electrons. The van der Waals surface area contributed by atoms with Crippen molar-refractivity contribution in [2.45, 2.75) is 6.43 Å². The van der Waals surface area contributed by atoms with E-state index in [0.717, 1.165) is 23.6 Å². The van der Waals surface area contributed by atoms with Crippen LogP contribution in [0.1, 0.15) is 28.0 Å². The summed E-state index contributed by atoms with van der Waals surface area (Å²) in [7, 11) is 1.36. The number of rotatable bonds is 5. The zero-order chi connectivity index (χ0) is 22.8. The first-order chi connectivity index (χ1) is 15.4. The smallest absolute Gasteiger partial charge is 0.280 e. The van der Waals surface area contributed by atoms with Gasteiger partial charge in [0.15, 0.2) is 15.6 Å². The fourth-order valence-electron chi connectivity index (χ4n) is 2.91. The SMILES string of the molecule is COc1cnc(C(F)F)cc1-c1cc(C#N)ccc1C(=O)Nc1nc2ncc(Br)nc2s1. The van der Waals surface area contributed by atoms with Crippen LogP contribution in [0.25, 0.3) is 21.6 Å². The Labute approximate surface area is 192 Å². The van der Waals surface area contributed by atoms with E-state index in [-0.39, 0.29) is 33.1 Å². The van der Waals surface area contributed by atoms with Gasteiger partial charge in [0.25, 0.3) is 12.3 Å². The number of alkyl halides is 2. The molecule has 32 heavy (non-hydrogen) atoms. The highest BCUT2D eigenvalue weighted by Gasteiger charge is 2.21. The molecule has 3 aromatic heterocycles. The van der Waals surface area contributed by atoms with E-state index in [1.54, 1.807) is 0 Å². The lowest BCUT2D eigenvalue weighted by atomic mass is 9.96. The minimum atomic E-state index is -2.82. The number of aromatic nitrogens is 4. The third-order valence-corrected chi connectivity index (χ3v) is 5.57. The van der Waals surface area contributed by atoms with Crippen LogP contribution in [0.4, 0.5) is 13.9 Å². The molecule has 1 N–H and O–H groups in total. The summed E-state index contributed by atoms with van der Waals surface area (Å²) in [5.74, 6) is -0.378. The number of nitrogens with zero attached hydrogens (tertiary/aromatic N) is 5. The lowest BCUT2D eigenvalue weighted by Gasteiger charge is -2.14. The zero-order valence-corrected chi connectivity index (χ0v) is 18.5. The Morgan fingerprint density at radius 1 is 1.22 bits per heavy atom. The van der Waals surface area contributed by atoms with Crippen molar-refractivity contribution in [2.24, 2.45) is 0 Å². The third-order valence-electron chi connectivity index (χ3n) is 4.33. The topological polar surface area (TPSA) is 114 Å². The van der Waals surface area contributed by atoms with Crippen LogP contribution < -0.4 is 10.1 Å². The Balaban J connectivity index is 1.79. The molecule has 0 atom stereocenters. The molecule has 3 heterocycles. The van der Waals surface area contributed by atoms with Gasteiger partial charge in [-0.2, -0.15) is 10.2 Å². The van der Waals surface area contributed by atoms with Crippen LogP contribution in [0, 0.1) is 11.3 Å². The first-order valence-electron chi connectivity index (χ1n) is 8.86. The summed E-state index contributed by atoms with van der Waals surface area (Å²) in [6.45, 7) is 0. The van der Waals surface area contributed by atoms with Crippen LogP contribution in [-0.2, 0) is 0 Å². The summed E-state index contributed by atoms with van der Waals surface area (Å²) in [6, 6.07) is 7.45. The van der Waals surface area contributed by atoms with Gasteiger partial charge in [-0.1, -0.05) is 11.3 Å². The van der Waals surface area contributed by atoms with E-state index >= 15 is 0 Å². The number of carbonyl (C=O) groups excluding carboxylic acids is 1. The molecule has 0 saturated carbocycles. The van der Waals surface area contributed by atoms with Crippen LogP contribution in [0.2, 0.25) is 0 Å². The number of thiazole rings is 1. The minimum absolute atomic E-state index is 0.134. The van der Waals surface area contributed by atoms with Gasteiger partial charge >= 0.3 is 0 Å². The Morgan fingerprint density at radius 3 is 2.75 bits per heavy atom. The fourth-order valence-corrected chi connectivity index (χ4v) is 4.09. The number of hydrogen-bond donors (Lipinski definition) is 1. The number of nitrogens with one attached hydrogen (secondary N) is 1. The van der Waals surface area contributed by atoms with Gasteiger partial charge in [0.1, 0.15) is 16.0 Å². The van der Waals surface area contributed by atoms with Crippen molar-refractivity contribution in [2.75, 3.05) is 12.4 Å². The second kappa shape index (κ2) is 8.89. The number of halogens is 3. The Bertz CT molecular complexity index is 1390. The second-order valence-corrected chi connectivity index (χ2v) is 8.07. The van der Waals surface area contributed by atoms with Gasteiger partial charge in [-0.3, -0.25) is 15.1 Å². The van der Waals surface area contributed by atoms with Gasteiger partial charge in [0.2, 0.25) is 0 Å². The average Bonchev–Trinajstić information content (AvgIpc) is 3.19. The number of benzene rings is 1. The van der Waals surface area contributed by atoms with Crippen molar-refractivity contribution in [3.05, 3.63) is 58.1 Å². The highest BCUT2D eigenvalue weighted by Crippen LogP contribution is 2.35. The van der Waals surface area contributed by atoms with Crippen molar-refractivity contribution in [1.82, 2.24) is 19.9 Å². The molecule has 0 bridgehead atoms. The zero-order valence-electron chi connectivity index (χ0n) is 16.1. The maximum absolute atomic E-state index is 13.3. The fraction of sp³-hybridized carbons (Fsp3) is 0.100. The number of ether oxygens (including phenoxy) is 1. The molecule has 12 heteroatoms. The molecule has 0 aliphatic heterocycles. The molecule has 8 nitrogen and oxygen atoms in total. The highest BCUT2D eigenvalue weighted by molar-refractivity contribution is 9.10. The van der Waals surface area contributed by atoms with E-state index in [1.807, 2.05) is 6.07 Å². The maximum atomic E-state index is 13.3. The van der Waals surface area contributed by atoms with Crippen LogP contribution in [0.5, 0.6) is 5.75 Å². The Hall–Kier alpha value is -3.56. The van der Waals surface area contributed by atoms with Gasteiger partial charge < -0.3 is 4.74 Å². The first kappa shape index (κ1) is 21.7. The number of nitriles is 1. The predicted molar refractivity (Wildman–Crippen MR) is 117 cm³/mol. The highest BCUT2D eigenvalue weighted by atomic mass is 79.9. The number of carbonyl (C=O) groups is 1. The van der Waals surface area contributed by atoms with E-state index in [4.69, 9.17) is 4.74 Å². The van der Waals surface area contributed by atoms with Gasteiger partial charge in [0.05, 0.1) is 31.1 Å². The summed E-state index contributed by atoms with van der Waals surface area (Å²) in [5.41, 5.74) is 0.705. The van der Waals surface area contributed by atoms with E-state index in [1.165, 1.54) is 31.5 Å². The lowest BCUT2D eigenvalue weighted by Crippen LogP contribution is -2.13. The predicted octanol–water partition coefficient (Wildman–Crippen LogP) is 4.98. The monoisotopic (exact) mass is 516 g/mol. The largest absolute Gasteiger partial charge is 0.494 e. The third kappa shape index (κ3) is 4.25. The van der Waals surface area contributed by atoms with Crippen LogP contribution in [0.15, 0.2) is 41.3 Å². The van der Waals surface area contributed by atoms with E-state index in [0.29, 0.717) is 15.1 Å². The van der Waals surface area contributed by atoms with Gasteiger partial charge in [-0.15, -0.1) is 0 Å². The van der Waals surface area contributed by atoms with Crippen LogP contribution in [0.3, 0.4) is 0 Å². The van der Waals surface area contributed by atoms with Crippen molar-refractivity contribution in [3.8, 4) is 22.9 Å². The summed E-state index contributed by atoms with van der Waals surface area (Å²) < 4.78 is 32.3. The Morgan fingerprint density at radius 2 is 2.03 bits per heavy atom. The molecule has 0 unspecified atom stereocenters. The molecule has 0 saturated heterocycles. The number of pyridine rings is 1. The van der Waals surface area contributed by atoms with E-state index < -0.39 is 18.0 Å². The number of anilines is 1. The average molecular weight is 517 g/mol. The molecule has 0 aliphatic carbocycles. The molecule has 1 aromatic carbocycles. The molecule has 1 amide bonds. The number of hydrogen-bond acceptors (Lipinski definition) is 8. The molecule has 4 rings (SSSR count). The van der Waals surface area contributed by atoms with E-state index in [9.17, 15) is 18.8 Å². The van der Waals surface area contributed by atoms with Crippen molar-refractivity contribution in [3.63, 3.8) is 0 Å². The Kier molecular flexibility index (Phi) is 6.02. The quantitative estimate of drug-likeness (QED) is 0.397. The lowest BCUT2D eigenvalue weighted by molar-refractivity contribution is 0.102. The van der Waals surface area contributed by atoms with Crippen LogP contribution >= 0.6 is 27.3 Å². The summed E-state index contributed by atoms with van der Waals surface area (Å²) >= 11 is 4.35. The molecule has 4 aromatic rings. The molecular formula is C20H11BrF2N6O2S. The summed E-state index contributed by atoms with van der Waals surface area (Å²) in [6.07, 6.45) is -0.179. The molecule has 160 valence electrons. The van der Waals surface area contributed by atoms with Gasteiger partial charge in [-0.05, 0) is 45.8 Å². The minimum Gasteiger partial charge on any atom is -0.494 e. The summed E-state index contributed by atoms with van der Waals surface area (Å²) in [5, 5.41) is 12.2. The van der Waals surface area contributed by atoms with Crippen molar-refractivity contribution >= 4 is 48.8 Å². The van der Waals surface area contributed by atoms with Crippen molar-refractivity contribution in [1.29, 1.82) is 5.26 Å². The maximum Gasteiger partial charge on any atom is 0.280 e. The molecule has 0 aliphatic rings. The molecule has 0 fully saturated rings. The second-order valence-electron chi connectivity index (χ2n) is 6.28. The van der Waals surface area contributed by atoms with Gasteiger partial charge in [0, 0.05) is 11.1 Å². The van der Waals surface area contributed by atoms with E-state index in [2.05, 4.69) is 41.2 Å². The number of methoxy groups -OCH3 is 1.